The van der Waals surface area contributed by atoms with Crippen LogP contribution in [0.5, 0.6) is 0 Å². The first-order chi connectivity index (χ1) is 5.24. The van der Waals surface area contributed by atoms with Crippen molar-refractivity contribution in [3.8, 4) is 6.07 Å². The van der Waals surface area contributed by atoms with E-state index in [1.807, 2.05) is 0 Å². The second-order valence-electron chi connectivity index (χ2n) is 1.97. The summed E-state index contributed by atoms with van der Waals surface area (Å²) in [6, 6.07) is 1.67. The highest BCUT2D eigenvalue weighted by atomic mass is 16.5. The average molecular weight is 161 g/mol. The molecule has 2 unspecified atom stereocenters. The van der Waals surface area contributed by atoms with E-state index in [2.05, 4.69) is 4.74 Å². The molecule has 0 aliphatic rings. The number of aliphatic hydroxyl groups excluding tert-OH is 3. The summed E-state index contributed by atoms with van der Waals surface area (Å²) in [4.78, 5) is 0. The van der Waals surface area contributed by atoms with Crippen molar-refractivity contribution in [1.82, 2.24) is 0 Å². The minimum atomic E-state index is -0.989. The van der Waals surface area contributed by atoms with Gasteiger partial charge in [-0.2, -0.15) is 5.26 Å². The first kappa shape index (κ1) is 10.3. The maximum atomic E-state index is 8.73. The SMILES string of the molecule is N#CC(CO)OCC(O)CO. The van der Waals surface area contributed by atoms with Crippen LogP contribution >= 0.6 is 0 Å². The number of ether oxygens (including phenoxy) is 1. The minimum absolute atomic E-state index is 0.144. The molecule has 0 saturated heterocycles. The van der Waals surface area contributed by atoms with Crippen LogP contribution in [0.4, 0.5) is 0 Å². The molecule has 0 aromatic rings. The summed E-state index contributed by atoms with van der Waals surface area (Å²) in [5.41, 5.74) is 0. The van der Waals surface area contributed by atoms with Gasteiger partial charge in [-0.1, -0.05) is 0 Å². The van der Waals surface area contributed by atoms with Crippen molar-refractivity contribution < 1.29 is 20.1 Å². The Labute approximate surface area is 64.5 Å². The van der Waals surface area contributed by atoms with Crippen LogP contribution in [0.25, 0.3) is 0 Å². The van der Waals surface area contributed by atoms with Crippen molar-refractivity contribution in [3.63, 3.8) is 0 Å². The molecule has 2 atom stereocenters. The summed E-state index contributed by atoms with van der Waals surface area (Å²) < 4.78 is 4.67. The van der Waals surface area contributed by atoms with Crippen molar-refractivity contribution in [1.29, 1.82) is 5.26 Å². The van der Waals surface area contributed by atoms with E-state index in [9.17, 15) is 0 Å². The third kappa shape index (κ3) is 4.70. The molecule has 0 fully saturated rings. The molecule has 0 aromatic carbocycles. The lowest BCUT2D eigenvalue weighted by molar-refractivity contribution is -0.0260. The van der Waals surface area contributed by atoms with Crippen molar-refractivity contribution in [2.75, 3.05) is 19.8 Å². The maximum Gasteiger partial charge on any atom is 0.166 e. The fraction of sp³-hybridized carbons (Fsp3) is 0.833. The van der Waals surface area contributed by atoms with Gasteiger partial charge in [0.25, 0.3) is 0 Å². The second-order valence-corrected chi connectivity index (χ2v) is 1.97. The zero-order valence-electron chi connectivity index (χ0n) is 5.97. The van der Waals surface area contributed by atoms with E-state index in [1.165, 1.54) is 0 Å². The molecule has 0 aromatic heterocycles. The molecular formula is C6H11NO4. The van der Waals surface area contributed by atoms with E-state index >= 15 is 0 Å². The van der Waals surface area contributed by atoms with Crippen LogP contribution in [0.2, 0.25) is 0 Å². The Morgan fingerprint density at radius 2 is 2.00 bits per heavy atom. The Kier molecular flexibility index (Phi) is 5.70. The molecule has 0 aliphatic heterocycles. The first-order valence-electron chi connectivity index (χ1n) is 3.15. The van der Waals surface area contributed by atoms with E-state index in [1.54, 1.807) is 6.07 Å². The Morgan fingerprint density at radius 3 is 2.36 bits per heavy atom. The largest absolute Gasteiger partial charge is 0.394 e. The van der Waals surface area contributed by atoms with Gasteiger partial charge < -0.3 is 20.1 Å². The molecule has 11 heavy (non-hydrogen) atoms. The smallest absolute Gasteiger partial charge is 0.166 e. The highest BCUT2D eigenvalue weighted by Gasteiger charge is 2.08. The number of rotatable bonds is 5. The maximum absolute atomic E-state index is 8.73. The standard InChI is InChI=1S/C6H11NO4/c7-1-6(3-9)11-4-5(10)2-8/h5-6,8-10H,2-4H2. The number of aliphatic hydroxyl groups is 3. The Morgan fingerprint density at radius 1 is 1.36 bits per heavy atom. The van der Waals surface area contributed by atoms with E-state index in [0.717, 1.165) is 0 Å². The van der Waals surface area contributed by atoms with Gasteiger partial charge in [0.2, 0.25) is 0 Å². The van der Waals surface area contributed by atoms with Crippen LogP contribution in [-0.2, 0) is 4.74 Å². The summed E-state index contributed by atoms with van der Waals surface area (Å²) in [7, 11) is 0. The summed E-state index contributed by atoms with van der Waals surface area (Å²) in [6.07, 6.45) is -1.91. The van der Waals surface area contributed by atoms with Crippen molar-refractivity contribution in [3.05, 3.63) is 0 Å². The summed E-state index contributed by atoms with van der Waals surface area (Å²) in [6.45, 7) is -0.965. The van der Waals surface area contributed by atoms with Gasteiger partial charge >= 0.3 is 0 Å². The van der Waals surface area contributed by atoms with Crippen LogP contribution in [0.3, 0.4) is 0 Å². The Bertz CT molecular complexity index is 133. The van der Waals surface area contributed by atoms with Crippen LogP contribution in [-0.4, -0.2) is 47.3 Å². The molecule has 0 bridgehead atoms. The zero-order valence-corrected chi connectivity index (χ0v) is 5.97. The van der Waals surface area contributed by atoms with Crippen LogP contribution in [0.15, 0.2) is 0 Å². The van der Waals surface area contributed by atoms with Gasteiger partial charge in [-0.05, 0) is 0 Å². The molecule has 0 saturated carbocycles. The van der Waals surface area contributed by atoms with Gasteiger partial charge in [0.05, 0.1) is 25.9 Å². The third-order valence-electron chi connectivity index (χ3n) is 1.01. The third-order valence-corrected chi connectivity index (χ3v) is 1.01. The number of hydrogen-bond acceptors (Lipinski definition) is 5. The topological polar surface area (TPSA) is 93.7 Å². The summed E-state index contributed by atoms with van der Waals surface area (Å²) in [5, 5.41) is 33.7. The van der Waals surface area contributed by atoms with Crippen LogP contribution in [0, 0.1) is 11.3 Å². The molecule has 0 amide bonds. The van der Waals surface area contributed by atoms with E-state index in [4.69, 9.17) is 20.6 Å². The highest BCUT2D eigenvalue weighted by molar-refractivity contribution is 4.83. The zero-order chi connectivity index (χ0) is 8.69. The van der Waals surface area contributed by atoms with Gasteiger partial charge in [0.15, 0.2) is 6.10 Å². The van der Waals surface area contributed by atoms with E-state index in [0.29, 0.717) is 0 Å². The minimum Gasteiger partial charge on any atom is -0.394 e. The number of nitriles is 1. The molecule has 0 aliphatic carbocycles. The summed E-state index contributed by atoms with van der Waals surface area (Å²) in [5.74, 6) is 0. The highest BCUT2D eigenvalue weighted by Crippen LogP contribution is 1.91. The van der Waals surface area contributed by atoms with Gasteiger partial charge in [-0.15, -0.1) is 0 Å². The average Bonchev–Trinajstić information content (AvgIpc) is 2.06. The summed E-state index contributed by atoms with van der Waals surface area (Å²) >= 11 is 0. The number of hydrogen-bond donors (Lipinski definition) is 3. The predicted octanol–water partition coefficient (Wildman–Crippen LogP) is -1.76. The second kappa shape index (κ2) is 6.07. The van der Waals surface area contributed by atoms with E-state index in [-0.39, 0.29) is 6.61 Å². The van der Waals surface area contributed by atoms with Gasteiger partial charge in [-0.3, -0.25) is 0 Å². The van der Waals surface area contributed by atoms with Crippen LogP contribution < -0.4 is 0 Å². The first-order valence-corrected chi connectivity index (χ1v) is 3.15. The lowest BCUT2D eigenvalue weighted by Gasteiger charge is -2.10. The molecule has 0 spiro atoms. The van der Waals surface area contributed by atoms with Gasteiger partial charge in [0, 0.05) is 0 Å². The van der Waals surface area contributed by atoms with Gasteiger partial charge in [-0.25, -0.2) is 0 Å². The fourth-order valence-corrected chi connectivity index (χ4v) is 0.411. The van der Waals surface area contributed by atoms with Crippen molar-refractivity contribution >= 4 is 0 Å². The molecule has 3 N–H and O–H groups in total. The van der Waals surface area contributed by atoms with Crippen molar-refractivity contribution in [2.45, 2.75) is 12.2 Å². The predicted molar refractivity (Wildman–Crippen MR) is 35.5 cm³/mol. The van der Waals surface area contributed by atoms with Crippen LogP contribution in [0.1, 0.15) is 0 Å². The molecular weight excluding hydrogens is 150 g/mol. The Balaban J connectivity index is 3.44. The fourth-order valence-electron chi connectivity index (χ4n) is 0.411. The molecule has 5 heteroatoms. The van der Waals surface area contributed by atoms with Gasteiger partial charge in [0.1, 0.15) is 6.10 Å². The van der Waals surface area contributed by atoms with Crippen molar-refractivity contribution in [2.24, 2.45) is 0 Å². The normalized spacial score (nSPS) is 15.5. The lowest BCUT2D eigenvalue weighted by Crippen LogP contribution is -2.25. The molecule has 5 nitrogen and oxygen atoms in total. The Hall–Kier alpha value is -0.670. The molecule has 0 radical (unpaired) electrons. The quantitative estimate of drug-likeness (QED) is 0.444. The number of nitrogens with zero attached hydrogens (tertiary/aromatic N) is 1. The van der Waals surface area contributed by atoms with E-state index < -0.39 is 25.4 Å². The lowest BCUT2D eigenvalue weighted by atomic mass is 10.4. The molecule has 0 heterocycles. The molecule has 64 valence electrons. The monoisotopic (exact) mass is 161 g/mol. The molecule has 0 rings (SSSR count).